The Balaban J connectivity index is 2.08. The SMILES string of the molecule is CN(Cc1cn[nH]c1)C(=O)NCCCCCC(=O)O. The van der Waals surface area contributed by atoms with E-state index in [4.69, 9.17) is 5.11 Å². The lowest BCUT2D eigenvalue weighted by molar-refractivity contribution is -0.137. The molecule has 0 bridgehead atoms. The zero-order valence-corrected chi connectivity index (χ0v) is 11.1. The highest BCUT2D eigenvalue weighted by molar-refractivity contribution is 5.73. The number of aromatic nitrogens is 2. The largest absolute Gasteiger partial charge is 0.481 e. The molecule has 1 rings (SSSR count). The van der Waals surface area contributed by atoms with Crippen LogP contribution in [-0.2, 0) is 11.3 Å². The first-order chi connectivity index (χ1) is 9.09. The van der Waals surface area contributed by atoms with Gasteiger partial charge in [-0.3, -0.25) is 9.89 Å². The van der Waals surface area contributed by atoms with Gasteiger partial charge in [-0.25, -0.2) is 4.79 Å². The number of rotatable bonds is 8. The summed E-state index contributed by atoms with van der Waals surface area (Å²) in [6.07, 6.45) is 5.85. The molecule has 0 saturated heterocycles. The molecule has 0 unspecified atom stereocenters. The molecule has 0 aliphatic heterocycles. The van der Waals surface area contributed by atoms with Gasteiger partial charge in [-0.05, 0) is 12.8 Å². The summed E-state index contributed by atoms with van der Waals surface area (Å²) in [6.45, 7) is 1.07. The lowest BCUT2D eigenvalue weighted by atomic mass is 10.2. The highest BCUT2D eigenvalue weighted by Crippen LogP contribution is 2.01. The van der Waals surface area contributed by atoms with Crippen molar-refractivity contribution in [1.29, 1.82) is 0 Å². The highest BCUT2D eigenvalue weighted by atomic mass is 16.4. The number of nitrogens with one attached hydrogen (secondary N) is 2. The Bertz CT molecular complexity index is 392. The summed E-state index contributed by atoms with van der Waals surface area (Å²) in [5.74, 6) is -0.774. The number of H-pyrrole nitrogens is 1. The van der Waals surface area contributed by atoms with Crippen LogP contribution in [0.2, 0.25) is 0 Å². The van der Waals surface area contributed by atoms with Crippen LogP contribution < -0.4 is 5.32 Å². The Labute approximate surface area is 112 Å². The third-order valence-electron chi connectivity index (χ3n) is 2.66. The molecule has 2 amide bonds. The quantitative estimate of drug-likeness (QED) is 0.617. The lowest BCUT2D eigenvalue weighted by Crippen LogP contribution is -2.37. The summed E-state index contributed by atoms with van der Waals surface area (Å²) in [7, 11) is 1.72. The minimum atomic E-state index is -0.774. The molecule has 0 atom stereocenters. The van der Waals surface area contributed by atoms with Crippen molar-refractivity contribution >= 4 is 12.0 Å². The van der Waals surface area contributed by atoms with Crippen LogP contribution in [0.5, 0.6) is 0 Å². The van der Waals surface area contributed by atoms with E-state index in [2.05, 4.69) is 15.5 Å². The van der Waals surface area contributed by atoms with E-state index in [-0.39, 0.29) is 12.5 Å². The Morgan fingerprint density at radius 2 is 2.21 bits per heavy atom. The molecule has 0 aliphatic rings. The Kier molecular flexibility index (Phi) is 6.42. The number of aromatic amines is 1. The van der Waals surface area contributed by atoms with Gasteiger partial charge >= 0.3 is 12.0 Å². The van der Waals surface area contributed by atoms with E-state index < -0.39 is 5.97 Å². The lowest BCUT2D eigenvalue weighted by Gasteiger charge is -2.16. The van der Waals surface area contributed by atoms with Crippen molar-refractivity contribution in [2.24, 2.45) is 0 Å². The number of unbranched alkanes of at least 4 members (excludes halogenated alkanes) is 2. The second kappa shape index (κ2) is 8.12. The van der Waals surface area contributed by atoms with Gasteiger partial charge in [0.2, 0.25) is 0 Å². The fourth-order valence-electron chi connectivity index (χ4n) is 1.62. The van der Waals surface area contributed by atoms with Crippen LogP contribution in [-0.4, -0.2) is 45.8 Å². The number of carboxylic acids is 1. The average Bonchev–Trinajstić information content (AvgIpc) is 2.85. The van der Waals surface area contributed by atoms with E-state index in [0.717, 1.165) is 18.4 Å². The van der Waals surface area contributed by atoms with Crippen LogP contribution in [0.15, 0.2) is 12.4 Å². The number of nitrogens with zero attached hydrogens (tertiary/aromatic N) is 2. The number of amides is 2. The molecule has 7 heteroatoms. The number of carbonyl (C=O) groups excluding carboxylic acids is 1. The van der Waals surface area contributed by atoms with E-state index in [1.807, 2.05) is 0 Å². The molecule has 106 valence electrons. The van der Waals surface area contributed by atoms with Gasteiger partial charge in [0.25, 0.3) is 0 Å². The smallest absolute Gasteiger partial charge is 0.317 e. The molecular formula is C12H20N4O3. The molecule has 0 saturated carbocycles. The standard InChI is InChI=1S/C12H20N4O3/c1-16(9-10-7-14-15-8-10)12(19)13-6-4-2-3-5-11(17)18/h7-8H,2-6,9H2,1H3,(H,13,19)(H,14,15)(H,17,18). The number of aliphatic carboxylic acids is 1. The minimum Gasteiger partial charge on any atom is -0.481 e. The fourth-order valence-corrected chi connectivity index (χ4v) is 1.62. The third kappa shape index (κ3) is 6.44. The zero-order chi connectivity index (χ0) is 14.1. The first kappa shape index (κ1) is 15.0. The highest BCUT2D eigenvalue weighted by Gasteiger charge is 2.08. The zero-order valence-electron chi connectivity index (χ0n) is 11.1. The maximum absolute atomic E-state index is 11.7. The van der Waals surface area contributed by atoms with Crippen molar-refractivity contribution < 1.29 is 14.7 Å². The molecule has 19 heavy (non-hydrogen) atoms. The molecule has 7 nitrogen and oxygen atoms in total. The predicted octanol–water partition coefficient (Wildman–Crippen LogP) is 1.20. The third-order valence-corrected chi connectivity index (χ3v) is 2.66. The molecule has 0 radical (unpaired) electrons. The summed E-state index contributed by atoms with van der Waals surface area (Å²) in [5.41, 5.74) is 0.944. The van der Waals surface area contributed by atoms with Gasteiger partial charge in [-0.2, -0.15) is 5.10 Å². The monoisotopic (exact) mass is 268 g/mol. The van der Waals surface area contributed by atoms with Crippen LogP contribution >= 0.6 is 0 Å². The van der Waals surface area contributed by atoms with Crippen LogP contribution in [0.3, 0.4) is 0 Å². The Morgan fingerprint density at radius 3 is 2.84 bits per heavy atom. The van der Waals surface area contributed by atoms with Gasteiger partial charge < -0.3 is 15.3 Å². The van der Waals surface area contributed by atoms with E-state index in [1.54, 1.807) is 24.3 Å². The normalized spacial score (nSPS) is 10.2. The van der Waals surface area contributed by atoms with E-state index in [0.29, 0.717) is 19.5 Å². The number of urea groups is 1. The summed E-state index contributed by atoms with van der Waals surface area (Å²) in [5, 5.41) is 17.8. The number of hydrogen-bond acceptors (Lipinski definition) is 3. The predicted molar refractivity (Wildman–Crippen MR) is 69.6 cm³/mol. The van der Waals surface area contributed by atoms with Crippen molar-refractivity contribution in [3.63, 3.8) is 0 Å². The van der Waals surface area contributed by atoms with Crippen LogP contribution in [0.1, 0.15) is 31.2 Å². The summed E-state index contributed by atoms with van der Waals surface area (Å²) in [4.78, 5) is 23.6. The maximum atomic E-state index is 11.7. The molecule has 0 fully saturated rings. The summed E-state index contributed by atoms with van der Waals surface area (Å²) in [6, 6.07) is -0.139. The van der Waals surface area contributed by atoms with Crippen LogP contribution in [0.25, 0.3) is 0 Å². The number of carbonyl (C=O) groups is 2. The number of hydrogen-bond donors (Lipinski definition) is 3. The van der Waals surface area contributed by atoms with E-state index in [9.17, 15) is 9.59 Å². The summed E-state index contributed by atoms with van der Waals surface area (Å²) < 4.78 is 0. The van der Waals surface area contributed by atoms with Gasteiger partial charge in [-0.1, -0.05) is 6.42 Å². The molecule has 3 N–H and O–H groups in total. The second-order valence-electron chi connectivity index (χ2n) is 4.40. The molecule has 0 aliphatic carbocycles. The van der Waals surface area contributed by atoms with Crippen molar-refractivity contribution in [3.8, 4) is 0 Å². The topological polar surface area (TPSA) is 98.3 Å². The molecule has 1 aromatic rings. The maximum Gasteiger partial charge on any atom is 0.317 e. The van der Waals surface area contributed by atoms with Crippen molar-refractivity contribution in [1.82, 2.24) is 20.4 Å². The van der Waals surface area contributed by atoms with Gasteiger partial charge in [0.15, 0.2) is 0 Å². The van der Waals surface area contributed by atoms with Gasteiger partial charge in [0, 0.05) is 31.8 Å². The van der Waals surface area contributed by atoms with Crippen molar-refractivity contribution in [2.45, 2.75) is 32.2 Å². The molecule has 0 aromatic carbocycles. The van der Waals surface area contributed by atoms with Crippen LogP contribution in [0, 0.1) is 0 Å². The Hall–Kier alpha value is -2.05. The molecule has 1 aromatic heterocycles. The Morgan fingerprint density at radius 1 is 1.42 bits per heavy atom. The molecule has 0 spiro atoms. The fraction of sp³-hybridized carbons (Fsp3) is 0.583. The molecule has 1 heterocycles. The van der Waals surface area contributed by atoms with E-state index in [1.165, 1.54) is 0 Å². The van der Waals surface area contributed by atoms with E-state index >= 15 is 0 Å². The second-order valence-corrected chi connectivity index (χ2v) is 4.40. The average molecular weight is 268 g/mol. The minimum absolute atomic E-state index is 0.139. The van der Waals surface area contributed by atoms with Crippen molar-refractivity contribution in [3.05, 3.63) is 18.0 Å². The first-order valence-corrected chi connectivity index (χ1v) is 6.28. The number of carboxylic acid groups (broad SMARTS) is 1. The van der Waals surface area contributed by atoms with Gasteiger partial charge in [-0.15, -0.1) is 0 Å². The first-order valence-electron chi connectivity index (χ1n) is 6.28. The summed E-state index contributed by atoms with van der Waals surface area (Å²) >= 11 is 0. The van der Waals surface area contributed by atoms with Crippen LogP contribution in [0.4, 0.5) is 4.79 Å². The van der Waals surface area contributed by atoms with Gasteiger partial charge in [0.05, 0.1) is 12.7 Å². The van der Waals surface area contributed by atoms with Gasteiger partial charge in [0.1, 0.15) is 0 Å². The molecular weight excluding hydrogens is 248 g/mol. The van der Waals surface area contributed by atoms with Crippen molar-refractivity contribution in [2.75, 3.05) is 13.6 Å².